The number of aryl methyl sites for hydroxylation is 2. The number of benzene rings is 4. The average Bonchev–Trinajstić information content (AvgIpc) is 3.70. The van der Waals surface area contributed by atoms with Gasteiger partial charge in [-0.15, -0.1) is 71.0 Å². The Morgan fingerprint density at radius 1 is 0.558 bits per heavy atom. The van der Waals surface area contributed by atoms with Crippen molar-refractivity contribution in [2.75, 3.05) is 0 Å². The molecule has 52 heavy (non-hydrogen) atoms. The summed E-state index contributed by atoms with van der Waals surface area (Å²) < 4.78 is 1.42. The molecular formula is C49H62Cl2Zr. The zero-order valence-corrected chi connectivity index (χ0v) is 38.4. The summed E-state index contributed by atoms with van der Waals surface area (Å²) in [6, 6.07) is 30.1. The molecule has 0 atom stereocenters. The van der Waals surface area contributed by atoms with Crippen molar-refractivity contribution >= 4 is 49.6 Å². The number of fused-ring (bicyclic) bond motifs is 3. The number of halogens is 2. The minimum Gasteiger partial charge on any atom is -0.273 e. The molecule has 1 aliphatic rings. The Kier molecular flexibility index (Phi) is 15.6. The average molecular weight is 813 g/mol. The molecule has 5 aromatic carbocycles. The fraction of sp³-hybridized carbons (Fsp3) is 0.388. The zero-order chi connectivity index (χ0) is 37.2. The summed E-state index contributed by atoms with van der Waals surface area (Å²) in [6.45, 7) is 31.9. The van der Waals surface area contributed by atoms with Gasteiger partial charge in [0.05, 0.1) is 0 Å². The Balaban J connectivity index is 0.000000307. The topological polar surface area (TPSA) is 0 Å². The fourth-order valence-corrected chi connectivity index (χ4v) is 7.55. The smallest absolute Gasteiger partial charge is 0.0142 e. The molecule has 0 N–H and O–H groups in total. The Morgan fingerprint density at radius 2 is 0.923 bits per heavy atom. The summed E-state index contributed by atoms with van der Waals surface area (Å²) in [4.78, 5) is 0. The van der Waals surface area contributed by atoms with Crippen LogP contribution >= 0.6 is 24.8 Å². The molecule has 0 bridgehead atoms. The monoisotopic (exact) mass is 810 g/mol. The zero-order valence-electron chi connectivity index (χ0n) is 34.3. The second-order valence-corrected chi connectivity index (χ2v) is 19.4. The standard InChI is InChI=1S/C23H29.C21H26.C5H5.2ClH.Zr/c1-14-9-16-11-17-10-15(2)21(23(6,7)8)13-19(17)18(16)12-20(14)22(3,4)5;1-20(2,3)18-11-7-16(8-12-18)15-17-9-13-19(14-10-17)21(4,5)6;1-2-4-5-3-1;;;/h9-13H,1-8H3;7-14H,1-6H3;1-3H,4H2;2*1H;/q-1;;-1;;;+2. The molecule has 0 heterocycles. The molecule has 0 amide bonds. The van der Waals surface area contributed by atoms with Gasteiger partial charge in [0.15, 0.2) is 0 Å². The van der Waals surface area contributed by atoms with E-state index in [-0.39, 0.29) is 46.5 Å². The van der Waals surface area contributed by atoms with E-state index in [4.69, 9.17) is 0 Å². The normalized spacial score (nSPS) is 12.8. The predicted molar refractivity (Wildman–Crippen MR) is 233 cm³/mol. The van der Waals surface area contributed by atoms with Gasteiger partial charge >= 0.3 is 151 Å². The van der Waals surface area contributed by atoms with Crippen LogP contribution in [0.2, 0.25) is 0 Å². The van der Waals surface area contributed by atoms with E-state index in [1.54, 1.807) is 0 Å². The first kappa shape index (κ1) is 45.7. The van der Waals surface area contributed by atoms with E-state index in [0.29, 0.717) is 0 Å². The van der Waals surface area contributed by atoms with Gasteiger partial charge in [-0.1, -0.05) is 75.9 Å². The summed E-state index contributed by atoms with van der Waals surface area (Å²) in [5, 5.41) is 5.55. The van der Waals surface area contributed by atoms with Crippen molar-refractivity contribution < 1.29 is 24.2 Å². The summed E-state index contributed by atoms with van der Waals surface area (Å²) in [5.41, 5.74) is 12.0. The van der Waals surface area contributed by atoms with Gasteiger partial charge in [-0.2, -0.15) is 6.08 Å². The van der Waals surface area contributed by atoms with Gasteiger partial charge in [0.2, 0.25) is 0 Å². The summed E-state index contributed by atoms with van der Waals surface area (Å²) in [7, 11) is 0. The molecule has 0 aliphatic heterocycles. The molecule has 0 aromatic heterocycles. The molecule has 6 rings (SSSR count). The van der Waals surface area contributed by atoms with Crippen molar-refractivity contribution in [2.24, 2.45) is 0 Å². The molecule has 0 saturated carbocycles. The van der Waals surface area contributed by atoms with E-state index >= 15 is 0 Å². The van der Waals surface area contributed by atoms with E-state index in [2.05, 4.69) is 188 Å². The molecule has 0 fully saturated rings. The largest absolute Gasteiger partial charge is 0.273 e. The van der Waals surface area contributed by atoms with Crippen LogP contribution in [0.1, 0.15) is 134 Å². The first-order valence-corrected chi connectivity index (χ1v) is 19.5. The molecule has 276 valence electrons. The number of hydrogen-bond acceptors (Lipinski definition) is 0. The van der Waals surface area contributed by atoms with Crippen LogP contribution in [0.3, 0.4) is 0 Å². The van der Waals surface area contributed by atoms with Gasteiger partial charge in [0, 0.05) is 0 Å². The first-order valence-electron chi connectivity index (χ1n) is 18.2. The predicted octanol–water partition coefficient (Wildman–Crippen LogP) is 14.5. The van der Waals surface area contributed by atoms with Gasteiger partial charge in [0.1, 0.15) is 0 Å². The van der Waals surface area contributed by atoms with Crippen molar-refractivity contribution in [3.05, 3.63) is 148 Å². The molecule has 0 saturated heterocycles. The molecular weight excluding hydrogens is 751 g/mol. The third-order valence-corrected chi connectivity index (χ3v) is 11.1. The molecule has 0 radical (unpaired) electrons. The molecule has 1 aliphatic carbocycles. The second-order valence-electron chi connectivity index (χ2n) is 18.2. The van der Waals surface area contributed by atoms with Crippen molar-refractivity contribution in [1.29, 1.82) is 0 Å². The van der Waals surface area contributed by atoms with Crippen LogP contribution in [-0.2, 0) is 45.9 Å². The van der Waals surface area contributed by atoms with Gasteiger partial charge < -0.3 is 0 Å². The Hall–Kier alpha value is -2.44. The van der Waals surface area contributed by atoms with Crippen LogP contribution in [0.5, 0.6) is 0 Å². The summed E-state index contributed by atoms with van der Waals surface area (Å²) in [6.07, 6.45) is 10.0. The second kappa shape index (κ2) is 17.8. The summed E-state index contributed by atoms with van der Waals surface area (Å²) in [5.74, 6) is 0. The van der Waals surface area contributed by atoms with E-state index in [0.717, 1.165) is 6.42 Å². The van der Waals surface area contributed by atoms with Crippen LogP contribution in [0.25, 0.3) is 21.5 Å². The van der Waals surface area contributed by atoms with Gasteiger partial charge in [-0.3, -0.25) is 6.08 Å². The van der Waals surface area contributed by atoms with E-state index in [1.165, 1.54) is 93.5 Å². The van der Waals surface area contributed by atoms with Gasteiger partial charge in [-0.25, -0.2) is 12.2 Å². The third-order valence-electron chi connectivity index (χ3n) is 9.68. The van der Waals surface area contributed by atoms with Gasteiger partial charge in [-0.05, 0) is 24.7 Å². The van der Waals surface area contributed by atoms with Crippen LogP contribution in [0.4, 0.5) is 0 Å². The van der Waals surface area contributed by atoms with Crippen LogP contribution in [0.15, 0.2) is 97.1 Å². The summed E-state index contributed by atoms with van der Waals surface area (Å²) >= 11 is 1.46. The first-order chi connectivity index (χ1) is 23.1. The number of hydrogen-bond donors (Lipinski definition) is 0. The van der Waals surface area contributed by atoms with E-state index in [9.17, 15) is 0 Å². The van der Waals surface area contributed by atoms with Gasteiger partial charge in [0.25, 0.3) is 0 Å². The van der Waals surface area contributed by atoms with Crippen LogP contribution in [-0.4, -0.2) is 3.21 Å². The number of allylic oxidation sites excluding steroid dienone is 4. The Bertz CT molecular complexity index is 1860. The molecule has 3 heteroatoms. The number of rotatable bonds is 2. The SMILES string of the molecule is CC(C)(C)c1ccc([C](=[Zr+2])c2ccc(C(C)(C)C)cc2)cc1.Cc1cc2[cH-]c3cc(C)c(C(C)(C)C)cc3c2cc1C(C)(C)C.Cl.Cl.[C-]1=CC=CC1. The Labute approximate surface area is 344 Å². The van der Waals surface area contributed by atoms with Crippen LogP contribution in [0, 0.1) is 19.9 Å². The van der Waals surface area contributed by atoms with E-state index in [1.807, 2.05) is 12.2 Å². The molecule has 0 spiro atoms. The third kappa shape index (κ3) is 11.5. The van der Waals surface area contributed by atoms with Crippen molar-refractivity contribution in [3.8, 4) is 0 Å². The van der Waals surface area contributed by atoms with Crippen molar-refractivity contribution in [1.82, 2.24) is 0 Å². The minimum atomic E-state index is 0. The maximum atomic E-state index is 2.99. The Morgan fingerprint density at radius 3 is 1.17 bits per heavy atom. The fourth-order valence-electron chi connectivity index (χ4n) is 6.73. The van der Waals surface area contributed by atoms with E-state index < -0.39 is 0 Å². The quantitative estimate of drug-likeness (QED) is 0.156. The maximum Gasteiger partial charge on any atom is -0.0142 e. The van der Waals surface area contributed by atoms with Crippen molar-refractivity contribution in [3.63, 3.8) is 0 Å². The molecule has 0 unspecified atom stereocenters. The molecule has 0 nitrogen and oxygen atoms in total. The maximum absolute atomic E-state index is 2.99. The van der Waals surface area contributed by atoms with Crippen LogP contribution < -0.4 is 0 Å². The van der Waals surface area contributed by atoms with Crippen molar-refractivity contribution in [2.45, 2.75) is 125 Å². The minimum absolute atomic E-state index is 0. The molecule has 5 aromatic rings.